The third-order valence-corrected chi connectivity index (χ3v) is 5.50. The minimum Gasteiger partial charge on any atom is -0.267 e. The molecule has 0 fully saturated rings. The zero-order valence-electron chi connectivity index (χ0n) is 10.8. The molecule has 0 aromatic heterocycles. The van der Waals surface area contributed by atoms with E-state index in [2.05, 4.69) is 15.9 Å². The van der Waals surface area contributed by atoms with E-state index in [0.29, 0.717) is 17.3 Å². The summed E-state index contributed by atoms with van der Waals surface area (Å²) in [4.78, 5) is 0.228. The van der Waals surface area contributed by atoms with E-state index >= 15 is 0 Å². The maximum Gasteiger partial charge on any atom is 0.264 e. The van der Waals surface area contributed by atoms with Crippen molar-refractivity contribution in [3.63, 3.8) is 0 Å². The van der Waals surface area contributed by atoms with Gasteiger partial charge in [0, 0.05) is 16.0 Å². The lowest BCUT2D eigenvalue weighted by molar-refractivity contribution is 0.592. The number of hydrogen-bond donors (Lipinski definition) is 0. The van der Waals surface area contributed by atoms with Crippen LogP contribution in [0.25, 0.3) is 0 Å². The van der Waals surface area contributed by atoms with Crippen LogP contribution in [-0.4, -0.2) is 15.0 Å². The molecule has 0 heterocycles. The summed E-state index contributed by atoms with van der Waals surface area (Å²) in [6, 6.07) is 13.3. The van der Waals surface area contributed by atoms with Gasteiger partial charge in [0.05, 0.1) is 10.6 Å². The van der Waals surface area contributed by atoms with E-state index in [1.165, 1.54) is 16.4 Å². The number of hydrogen-bond acceptors (Lipinski definition) is 2. The first kappa shape index (κ1) is 15.4. The SMILES string of the molecule is CCN(c1ccc(Br)cc1)S(=O)(=O)c1ccc(Cl)cc1. The van der Waals surface area contributed by atoms with Crippen molar-refractivity contribution in [2.45, 2.75) is 11.8 Å². The van der Waals surface area contributed by atoms with Crippen LogP contribution in [0.5, 0.6) is 0 Å². The average molecular weight is 375 g/mol. The van der Waals surface area contributed by atoms with Gasteiger partial charge >= 0.3 is 0 Å². The fourth-order valence-corrected chi connectivity index (χ4v) is 3.70. The van der Waals surface area contributed by atoms with E-state index in [1.807, 2.05) is 12.1 Å². The molecule has 2 aromatic carbocycles. The van der Waals surface area contributed by atoms with Gasteiger partial charge in [-0.25, -0.2) is 8.42 Å². The Bertz CT molecular complexity index is 684. The predicted molar refractivity (Wildman–Crippen MR) is 85.8 cm³/mol. The number of sulfonamides is 1. The Hall–Kier alpha value is -1.04. The molecule has 20 heavy (non-hydrogen) atoms. The highest BCUT2D eigenvalue weighted by atomic mass is 79.9. The first-order valence-corrected chi connectivity index (χ1v) is 8.60. The summed E-state index contributed by atoms with van der Waals surface area (Å²) in [6.07, 6.45) is 0. The minimum atomic E-state index is -3.57. The molecule has 0 N–H and O–H groups in total. The van der Waals surface area contributed by atoms with E-state index in [1.54, 1.807) is 31.2 Å². The fourth-order valence-electron chi connectivity index (χ4n) is 1.83. The summed E-state index contributed by atoms with van der Waals surface area (Å²) in [6.45, 7) is 2.15. The van der Waals surface area contributed by atoms with Crippen molar-refractivity contribution >= 4 is 43.2 Å². The molecule has 0 bridgehead atoms. The molecule has 0 unspecified atom stereocenters. The number of anilines is 1. The summed E-state index contributed by atoms with van der Waals surface area (Å²) in [5, 5.41) is 0.510. The minimum absolute atomic E-state index is 0.228. The quantitative estimate of drug-likeness (QED) is 0.799. The highest BCUT2D eigenvalue weighted by Crippen LogP contribution is 2.25. The molecule has 0 amide bonds. The summed E-state index contributed by atoms with van der Waals surface area (Å²) < 4.78 is 27.5. The van der Waals surface area contributed by atoms with Crippen LogP contribution in [0.4, 0.5) is 5.69 Å². The van der Waals surface area contributed by atoms with Gasteiger partial charge < -0.3 is 0 Å². The third-order valence-electron chi connectivity index (χ3n) is 2.80. The maximum absolute atomic E-state index is 12.6. The number of rotatable bonds is 4. The molecule has 0 atom stereocenters. The van der Waals surface area contributed by atoms with E-state index < -0.39 is 10.0 Å². The third kappa shape index (κ3) is 3.16. The molecule has 2 aromatic rings. The molecule has 0 aliphatic carbocycles. The first-order chi connectivity index (χ1) is 9.45. The van der Waals surface area contributed by atoms with Gasteiger partial charge in [-0.1, -0.05) is 27.5 Å². The monoisotopic (exact) mass is 373 g/mol. The average Bonchev–Trinajstić information content (AvgIpc) is 2.42. The molecule has 0 spiro atoms. The van der Waals surface area contributed by atoms with E-state index in [4.69, 9.17) is 11.6 Å². The zero-order chi connectivity index (χ0) is 14.8. The Morgan fingerprint density at radius 1 is 1.05 bits per heavy atom. The van der Waals surface area contributed by atoms with Gasteiger partial charge in [0.15, 0.2) is 0 Å². The van der Waals surface area contributed by atoms with Crippen LogP contribution >= 0.6 is 27.5 Å². The molecule has 0 aliphatic rings. The Kier molecular flexibility index (Phi) is 4.73. The Morgan fingerprint density at radius 3 is 2.10 bits per heavy atom. The van der Waals surface area contributed by atoms with Gasteiger partial charge in [-0.2, -0.15) is 0 Å². The van der Waals surface area contributed by atoms with Gasteiger partial charge in [-0.05, 0) is 55.5 Å². The lowest BCUT2D eigenvalue weighted by Gasteiger charge is -2.23. The normalized spacial score (nSPS) is 11.3. The zero-order valence-corrected chi connectivity index (χ0v) is 13.9. The molecule has 0 radical (unpaired) electrons. The standard InChI is InChI=1S/C14H13BrClNO2S/c1-2-17(13-7-3-11(15)4-8-13)20(18,19)14-9-5-12(16)6-10-14/h3-10H,2H2,1H3. The molecule has 0 saturated carbocycles. The largest absolute Gasteiger partial charge is 0.267 e. The second-order valence-electron chi connectivity index (χ2n) is 4.10. The number of nitrogens with zero attached hydrogens (tertiary/aromatic N) is 1. The van der Waals surface area contributed by atoms with Crippen LogP contribution in [0.3, 0.4) is 0 Å². The van der Waals surface area contributed by atoms with Crippen molar-refractivity contribution in [2.75, 3.05) is 10.8 Å². The second-order valence-corrected chi connectivity index (χ2v) is 7.31. The van der Waals surface area contributed by atoms with Gasteiger partial charge in [-0.15, -0.1) is 0 Å². The topological polar surface area (TPSA) is 37.4 Å². The second kappa shape index (κ2) is 6.16. The van der Waals surface area contributed by atoms with E-state index in [-0.39, 0.29) is 4.90 Å². The lowest BCUT2D eigenvalue weighted by Crippen LogP contribution is -2.30. The van der Waals surface area contributed by atoms with Crippen molar-refractivity contribution in [1.29, 1.82) is 0 Å². The molecular weight excluding hydrogens is 362 g/mol. The van der Waals surface area contributed by atoms with E-state index in [9.17, 15) is 8.42 Å². The molecule has 106 valence electrons. The van der Waals surface area contributed by atoms with Crippen molar-refractivity contribution in [2.24, 2.45) is 0 Å². The summed E-state index contributed by atoms with van der Waals surface area (Å²) in [7, 11) is -3.57. The molecule has 0 aliphatic heterocycles. The highest BCUT2D eigenvalue weighted by Gasteiger charge is 2.23. The van der Waals surface area contributed by atoms with Crippen LogP contribution < -0.4 is 4.31 Å². The van der Waals surface area contributed by atoms with Crippen LogP contribution in [-0.2, 0) is 10.0 Å². The maximum atomic E-state index is 12.6. The Balaban J connectivity index is 2.44. The van der Waals surface area contributed by atoms with Gasteiger partial charge in [0.25, 0.3) is 10.0 Å². The Morgan fingerprint density at radius 2 is 1.60 bits per heavy atom. The molecular formula is C14H13BrClNO2S. The van der Waals surface area contributed by atoms with Crippen molar-refractivity contribution in [3.8, 4) is 0 Å². The number of benzene rings is 2. The Labute approximate surface area is 132 Å². The van der Waals surface area contributed by atoms with Crippen molar-refractivity contribution in [3.05, 3.63) is 58.0 Å². The predicted octanol–water partition coefficient (Wildman–Crippen LogP) is 4.32. The molecule has 0 saturated heterocycles. The summed E-state index contributed by atoms with van der Waals surface area (Å²) in [5.74, 6) is 0. The molecule has 3 nitrogen and oxygen atoms in total. The summed E-state index contributed by atoms with van der Waals surface area (Å²) >= 11 is 9.13. The summed E-state index contributed by atoms with van der Waals surface area (Å²) in [5.41, 5.74) is 0.630. The highest BCUT2D eigenvalue weighted by molar-refractivity contribution is 9.10. The van der Waals surface area contributed by atoms with Gasteiger partial charge in [0.1, 0.15) is 0 Å². The fraction of sp³-hybridized carbons (Fsp3) is 0.143. The smallest absolute Gasteiger partial charge is 0.264 e. The van der Waals surface area contributed by atoms with Crippen molar-refractivity contribution < 1.29 is 8.42 Å². The van der Waals surface area contributed by atoms with Crippen LogP contribution in [0.2, 0.25) is 5.02 Å². The molecule has 6 heteroatoms. The van der Waals surface area contributed by atoms with Crippen LogP contribution in [0.15, 0.2) is 57.9 Å². The first-order valence-electron chi connectivity index (χ1n) is 5.99. The van der Waals surface area contributed by atoms with Gasteiger partial charge in [0.2, 0.25) is 0 Å². The molecule has 2 rings (SSSR count). The van der Waals surface area contributed by atoms with E-state index in [0.717, 1.165) is 4.47 Å². The lowest BCUT2D eigenvalue weighted by atomic mass is 10.3. The van der Waals surface area contributed by atoms with Gasteiger partial charge in [-0.3, -0.25) is 4.31 Å². The van der Waals surface area contributed by atoms with Crippen molar-refractivity contribution in [1.82, 2.24) is 0 Å². The number of halogens is 2. The van der Waals surface area contributed by atoms with Crippen LogP contribution in [0, 0.1) is 0 Å². The van der Waals surface area contributed by atoms with Crippen LogP contribution in [0.1, 0.15) is 6.92 Å².